The van der Waals surface area contributed by atoms with Crippen molar-refractivity contribution in [1.29, 1.82) is 0 Å². The number of thiophene rings is 1. The Bertz CT molecular complexity index is 660. The minimum Gasteiger partial charge on any atom is -0.351 e. The van der Waals surface area contributed by atoms with Crippen LogP contribution in [0.4, 0.5) is 4.79 Å². The number of amides is 4. The number of urea groups is 1. The van der Waals surface area contributed by atoms with Crippen molar-refractivity contribution in [2.75, 3.05) is 6.54 Å². The number of nitrogens with one attached hydrogen (secondary N) is 3. The maximum atomic E-state index is 12.2. The average molecular weight is 342 g/mol. The van der Waals surface area contributed by atoms with E-state index in [2.05, 4.69) is 16.0 Å². The first-order chi connectivity index (χ1) is 10.4. The van der Waals surface area contributed by atoms with Crippen molar-refractivity contribution in [3.8, 4) is 0 Å². The second-order valence-corrected chi connectivity index (χ2v) is 7.00. The smallest absolute Gasteiger partial charge is 0.322 e. The van der Waals surface area contributed by atoms with Gasteiger partial charge in [-0.25, -0.2) is 4.79 Å². The van der Waals surface area contributed by atoms with E-state index in [1.807, 2.05) is 12.3 Å². The predicted octanol–water partition coefficient (Wildman–Crippen LogP) is 1.82. The fourth-order valence-electron chi connectivity index (χ4n) is 3.20. The number of hydrogen-bond acceptors (Lipinski definition) is 4. The molecule has 8 heteroatoms. The van der Waals surface area contributed by atoms with E-state index in [4.69, 9.17) is 11.6 Å². The van der Waals surface area contributed by atoms with E-state index in [1.165, 1.54) is 11.3 Å². The molecule has 1 saturated carbocycles. The Balaban J connectivity index is 1.68. The van der Waals surface area contributed by atoms with Gasteiger partial charge in [0.25, 0.3) is 11.8 Å². The Hall–Kier alpha value is -1.60. The summed E-state index contributed by atoms with van der Waals surface area (Å²) in [5, 5.41) is 10.2. The van der Waals surface area contributed by atoms with Gasteiger partial charge >= 0.3 is 6.03 Å². The molecule has 3 rings (SSSR count). The number of hydrogen-bond donors (Lipinski definition) is 3. The largest absolute Gasteiger partial charge is 0.351 e. The molecule has 2 heterocycles. The molecule has 2 atom stereocenters. The fraction of sp³-hybridized carbons (Fsp3) is 0.500. The first-order valence-electron chi connectivity index (χ1n) is 7.09. The minimum absolute atomic E-state index is 0.109. The van der Waals surface area contributed by atoms with E-state index in [-0.39, 0.29) is 17.7 Å². The first kappa shape index (κ1) is 15.3. The summed E-state index contributed by atoms with van der Waals surface area (Å²) in [5.74, 6) is -0.642. The molecular formula is C14H16ClN3O3S. The lowest BCUT2D eigenvalue weighted by Gasteiger charge is -2.28. The molecular weight excluding hydrogens is 326 g/mol. The molecule has 4 amide bonds. The van der Waals surface area contributed by atoms with Gasteiger partial charge in [-0.3, -0.25) is 14.9 Å². The van der Waals surface area contributed by atoms with Gasteiger partial charge in [-0.2, -0.15) is 0 Å². The van der Waals surface area contributed by atoms with Gasteiger partial charge < -0.3 is 10.6 Å². The van der Waals surface area contributed by atoms with E-state index in [0.29, 0.717) is 22.9 Å². The molecule has 1 aromatic rings. The third-order valence-corrected chi connectivity index (χ3v) is 6.10. The highest BCUT2D eigenvalue weighted by molar-refractivity contribution is 7.13. The molecule has 2 aliphatic rings. The number of rotatable bonds is 3. The number of carbonyl (C=O) groups excluding carboxylic acids is 3. The van der Waals surface area contributed by atoms with Crippen LogP contribution in [0, 0.1) is 12.8 Å². The van der Waals surface area contributed by atoms with Crippen LogP contribution in [0.2, 0.25) is 5.02 Å². The van der Waals surface area contributed by atoms with E-state index in [0.717, 1.165) is 18.4 Å². The molecule has 0 aromatic carbocycles. The second-order valence-electron chi connectivity index (χ2n) is 5.74. The van der Waals surface area contributed by atoms with Crippen LogP contribution in [0.1, 0.15) is 34.5 Å². The van der Waals surface area contributed by atoms with Crippen LogP contribution in [-0.4, -0.2) is 29.9 Å². The lowest BCUT2D eigenvalue weighted by Crippen LogP contribution is -2.53. The van der Waals surface area contributed by atoms with Crippen LogP contribution < -0.4 is 16.0 Å². The van der Waals surface area contributed by atoms with E-state index >= 15 is 0 Å². The van der Waals surface area contributed by atoms with E-state index < -0.39 is 11.6 Å². The summed E-state index contributed by atoms with van der Waals surface area (Å²) in [4.78, 5) is 36.2. The molecule has 1 aliphatic heterocycles. The van der Waals surface area contributed by atoms with Crippen molar-refractivity contribution in [2.45, 2.75) is 31.7 Å². The molecule has 118 valence electrons. The molecule has 1 aliphatic carbocycles. The number of imide groups is 1. The van der Waals surface area contributed by atoms with Crippen LogP contribution >= 0.6 is 22.9 Å². The van der Waals surface area contributed by atoms with Gasteiger partial charge in [0.15, 0.2) is 0 Å². The zero-order valence-electron chi connectivity index (χ0n) is 12.0. The minimum atomic E-state index is -0.875. The molecule has 1 saturated heterocycles. The maximum Gasteiger partial charge on any atom is 0.322 e. The van der Waals surface area contributed by atoms with Crippen LogP contribution in [0.5, 0.6) is 0 Å². The summed E-state index contributed by atoms with van der Waals surface area (Å²) in [6, 6.07) is -0.458. The van der Waals surface area contributed by atoms with Crippen molar-refractivity contribution in [2.24, 2.45) is 5.92 Å². The maximum absolute atomic E-state index is 12.2. The van der Waals surface area contributed by atoms with Crippen LogP contribution in [0.3, 0.4) is 0 Å². The van der Waals surface area contributed by atoms with Crippen LogP contribution in [0.15, 0.2) is 5.38 Å². The molecule has 2 fully saturated rings. The van der Waals surface area contributed by atoms with Crippen molar-refractivity contribution in [3.63, 3.8) is 0 Å². The third kappa shape index (κ3) is 2.38. The van der Waals surface area contributed by atoms with Gasteiger partial charge in [0.1, 0.15) is 10.4 Å². The lowest BCUT2D eigenvalue weighted by molar-refractivity contribution is -0.125. The highest BCUT2D eigenvalue weighted by Crippen LogP contribution is 2.37. The Labute approximate surface area is 136 Å². The van der Waals surface area contributed by atoms with Crippen molar-refractivity contribution < 1.29 is 14.4 Å². The number of carbonyl (C=O) groups is 3. The molecule has 0 radical (unpaired) electrons. The molecule has 1 spiro atoms. The van der Waals surface area contributed by atoms with Gasteiger partial charge in [-0.1, -0.05) is 18.0 Å². The van der Waals surface area contributed by atoms with Gasteiger partial charge in [0, 0.05) is 12.5 Å². The Morgan fingerprint density at radius 3 is 2.91 bits per heavy atom. The quantitative estimate of drug-likeness (QED) is 0.733. The highest BCUT2D eigenvalue weighted by atomic mass is 35.5. The third-order valence-electron chi connectivity index (χ3n) is 4.40. The summed E-state index contributed by atoms with van der Waals surface area (Å²) in [6.07, 6.45) is 2.22. The van der Waals surface area contributed by atoms with E-state index in [1.54, 1.807) is 0 Å². The average Bonchev–Trinajstić information content (AvgIpc) is 3.10. The van der Waals surface area contributed by atoms with Gasteiger partial charge in [0.05, 0.1) is 5.02 Å². The summed E-state index contributed by atoms with van der Waals surface area (Å²) < 4.78 is 0. The van der Waals surface area contributed by atoms with Gasteiger partial charge in [0.2, 0.25) is 0 Å². The van der Waals surface area contributed by atoms with Crippen molar-refractivity contribution in [3.05, 3.63) is 20.8 Å². The Kier molecular flexibility index (Phi) is 3.86. The molecule has 0 unspecified atom stereocenters. The molecule has 3 N–H and O–H groups in total. The molecule has 22 heavy (non-hydrogen) atoms. The summed E-state index contributed by atoms with van der Waals surface area (Å²) in [7, 11) is 0. The monoisotopic (exact) mass is 341 g/mol. The number of aryl methyl sites for hydroxylation is 1. The predicted molar refractivity (Wildman–Crippen MR) is 83.1 cm³/mol. The van der Waals surface area contributed by atoms with E-state index in [9.17, 15) is 14.4 Å². The zero-order chi connectivity index (χ0) is 15.9. The van der Waals surface area contributed by atoms with Crippen LogP contribution in [0.25, 0.3) is 0 Å². The Morgan fingerprint density at radius 2 is 2.32 bits per heavy atom. The molecule has 6 nitrogen and oxygen atoms in total. The van der Waals surface area contributed by atoms with Crippen molar-refractivity contribution >= 4 is 40.8 Å². The number of halogens is 1. The summed E-state index contributed by atoms with van der Waals surface area (Å²) in [5.41, 5.74) is -0.00363. The summed E-state index contributed by atoms with van der Waals surface area (Å²) >= 11 is 7.39. The lowest BCUT2D eigenvalue weighted by atomic mass is 9.87. The standard InChI is InChI=1S/C14H16ClN3O3S/c1-7-6-22-10(9(7)15)11(19)16-5-8-3-2-4-14(8)12(20)17-13(21)18-14/h6,8H,2-5H2,1H3,(H,16,19)(H2,17,18,20,21)/t8-,14+/m1/s1. The van der Waals surface area contributed by atoms with Crippen LogP contribution in [-0.2, 0) is 4.79 Å². The fourth-order valence-corrected chi connectivity index (χ4v) is 4.40. The second kappa shape index (κ2) is 5.55. The topological polar surface area (TPSA) is 87.3 Å². The zero-order valence-corrected chi connectivity index (χ0v) is 13.6. The summed E-state index contributed by atoms with van der Waals surface area (Å²) in [6.45, 7) is 2.18. The highest BCUT2D eigenvalue weighted by Gasteiger charge is 2.54. The SMILES string of the molecule is Cc1csc(C(=O)NC[C@H]2CCC[C@]23NC(=O)NC3=O)c1Cl. The molecule has 1 aromatic heterocycles. The molecule has 0 bridgehead atoms. The Morgan fingerprint density at radius 1 is 1.55 bits per heavy atom. The first-order valence-corrected chi connectivity index (χ1v) is 8.35. The van der Waals surface area contributed by atoms with Gasteiger partial charge in [-0.05, 0) is 30.7 Å². The van der Waals surface area contributed by atoms with Crippen molar-refractivity contribution in [1.82, 2.24) is 16.0 Å². The van der Waals surface area contributed by atoms with Gasteiger partial charge in [-0.15, -0.1) is 11.3 Å². The normalized spacial score (nSPS) is 27.1.